The minimum atomic E-state index is -0.223. The van der Waals surface area contributed by atoms with Gasteiger partial charge < -0.3 is 14.5 Å². The van der Waals surface area contributed by atoms with Crippen LogP contribution in [0.5, 0.6) is 11.5 Å². The summed E-state index contributed by atoms with van der Waals surface area (Å²) < 4.78 is 6.97. The Bertz CT molecular complexity index is 2560. The van der Waals surface area contributed by atoms with Crippen LogP contribution < -0.4 is 30.9 Å². The Morgan fingerprint density at radius 1 is 0.574 bits per heavy atom. The topological polar surface area (TPSA) is 15.7 Å². The summed E-state index contributed by atoms with van der Waals surface area (Å²) in [6.07, 6.45) is 0. The van der Waals surface area contributed by atoms with E-state index in [0.29, 0.717) is 0 Å². The molecule has 4 heteroatoms. The molecule has 0 saturated heterocycles. The number of ether oxygens (including phenoxy) is 1. The van der Waals surface area contributed by atoms with Crippen molar-refractivity contribution < 1.29 is 4.74 Å². The van der Waals surface area contributed by atoms with E-state index in [0.717, 1.165) is 34.2 Å². The lowest BCUT2D eigenvalue weighted by Gasteiger charge is -2.40. The second-order valence-electron chi connectivity index (χ2n) is 16.7. The molecule has 3 nitrogen and oxygen atoms in total. The number of anilines is 6. The van der Waals surface area contributed by atoms with E-state index in [9.17, 15) is 0 Å². The molecule has 0 spiro atoms. The maximum Gasteiger partial charge on any atom is 0.256 e. The molecule has 0 aromatic heterocycles. The molecule has 7 aromatic rings. The Labute approximate surface area is 319 Å². The van der Waals surface area contributed by atoms with Crippen LogP contribution in [0.4, 0.5) is 34.1 Å². The van der Waals surface area contributed by atoms with Crippen LogP contribution in [0.2, 0.25) is 0 Å². The van der Waals surface area contributed by atoms with Crippen LogP contribution in [0.3, 0.4) is 0 Å². The standard InChI is InChI=1S/C50H43BN2O/c1-32-20-27-44-42(28-32)51-43-31-41-39(30-47(43)54-46-19-13-18-45(48(46)51)53(44)36-23-21-33(22-24-36)49(2,3)4)38-26-25-37(29-40(38)50(41,5)6)52(34-14-9-7-10-15-34)35-16-11-8-12-17-35/h7-31H,1-6H3. The molecule has 2 heterocycles. The van der Waals surface area contributed by atoms with Crippen molar-refractivity contribution in [3.8, 4) is 22.6 Å². The van der Waals surface area contributed by atoms with Crippen LogP contribution >= 0.6 is 0 Å². The lowest BCUT2D eigenvalue weighted by atomic mass is 9.34. The molecule has 0 atom stereocenters. The summed E-state index contributed by atoms with van der Waals surface area (Å²) in [4.78, 5) is 4.79. The highest BCUT2D eigenvalue weighted by Crippen LogP contribution is 2.52. The van der Waals surface area contributed by atoms with Gasteiger partial charge >= 0.3 is 0 Å². The minimum absolute atomic E-state index is 0.0481. The Balaban J connectivity index is 1.12. The normalized spacial score (nSPS) is 14.3. The first-order valence-corrected chi connectivity index (χ1v) is 19.1. The number of hydrogen-bond donors (Lipinski definition) is 0. The lowest BCUT2D eigenvalue weighted by molar-refractivity contribution is 0.487. The Morgan fingerprint density at radius 2 is 1.26 bits per heavy atom. The van der Waals surface area contributed by atoms with E-state index in [4.69, 9.17) is 4.74 Å². The number of hydrogen-bond acceptors (Lipinski definition) is 3. The number of fused-ring (bicyclic) bond motifs is 7. The van der Waals surface area contributed by atoms with Gasteiger partial charge in [0.2, 0.25) is 0 Å². The van der Waals surface area contributed by atoms with Crippen molar-refractivity contribution in [1.29, 1.82) is 0 Å². The van der Waals surface area contributed by atoms with E-state index >= 15 is 0 Å². The summed E-state index contributed by atoms with van der Waals surface area (Å²) in [5.41, 5.74) is 18.4. The van der Waals surface area contributed by atoms with Crippen LogP contribution in [-0.2, 0) is 10.8 Å². The summed E-state index contributed by atoms with van der Waals surface area (Å²) in [5.74, 6) is 1.88. The average molecular weight is 699 g/mol. The van der Waals surface area contributed by atoms with Gasteiger partial charge in [0.1, 0.15) is 11.5 Å². The molecule has 0 N–H and O–H groups in total. The predicted octanol–water partition coefficient (Wildman–Crippen LogP) is 11.5. The number of nitrogens with zero attached hydrogens (tertiary/aromatic N) is 2. The summed E-state index contributed by atoms with van der Waals surface area (Å²) in [6, 6.07) is 55.8. The maximum atomic E-state index is 6.97. The first-order chi connectivity index (χ1) is 26.1. The van der Waals surface area contributed by atoms with Crippen molar-refractivity contribution in [2.45, 2.75) is 52.4 Å². The first kappa shape index (κ1) is 32.6. The van der Waals surface area contributed by atoms with Gasteiger partial charge in [-0.15, -0.1) is 0 Å². The summed E-state index contributed by atoms with van der Waals surface area (Å²) in [5, 5.41) is 0. The van der Waals surface area contributed by atoms with Gasteiger partial charge in [-0.25, -0.2) is 0 Å². The molecule has 1 aliphatic carbocycles. The van der Waals surface area contributed by atoms with Crippen LogP contribution in [0, 0.1) is 6.92 Å². The number of para-hydroxylation sites is 2. The highest BCUT2D eigenvalue weighted by Gasteiger charge is 2.44. The fraction of sp³-hybridized carbons (Fsp3) is 0.160. The molecule has 10 rings (SSSR count). The second kappa shape index (κ2) is 11.8. The molecular weight excluding hydrogens is 655 g/mol. The molecule has 0 fully saturated rings. The molecular formula is C50H43BN2O. The number of benzene rings is 7. The van der Waals surface area contributed by atoms with Gasteiger partial charge in [0.25, 0.3) is 6.71 Å². The third-order valence-electron chi connectivity index (χ3n) is 11.9. The number of aryl methyl sites for hydroxylation is 1. The Hall–Kier alpha value is -6.00. The zero-order valence-corrected chi connectivity index (χ0v) is 31.8. The maximum absolute atomic E-state index is 6.97. The fourth-order valence-electron chi connectivity index (χ4n) is 9.15. The first-order valence-electron chi connectivity index (χ1n) is 19.1. The van der Waals surface area contributed by atoms with Gasteiger partial charge in [-0.2, -0.15) is 0 Å². The molecule has 0 unspecified atom stereocenters. The van der Waals surface area contributed by atoms with Crippen LogP contribution in [0.15, 0.2) is 152 Å². The van der Waals surface area contributed by atoms with Crippen LogP contribution in [0.1, 0.15) is 56.9 Å². The van der Waals surface area contributed by atoms with Crippen molar-refractivity contribution >= 4 is 57.2 Å². The van der Waals surface area contributed by atoms with Crippen LogP contribution in [0.25, 0.3) is 11.1 Å². The van der Waals surface area contributed by atoms with Gasteiger partial charge in [0, 0.05) is 39.5 Å². The van der Waals surface area contributed by atoms with E-state index in [-0.39, 0.29) is 17.5 Å². The molecule has 0 saturated carbocycles. The van der Waals surface area contributed by atoms with E-state index in [1.165, 1.54) is 61.1 Å². The largest absolute Gasteiger partial charge is 0.458 e. The molecule has 7 aromatic carbocycles. The van der Waals surface area contributed by atoms with Crippen molar-refractivity contribution in [2.24, 2.45) is 0 Å². The van der Waals surface area contributed by atoms with E-state index in [1.54, 1.807) is 0 Å². The monoisotopic (exact) mass is 698 g/mol. The Kier molecular flexibility index (Phi) is 7.10. The van der Waals surface area contributed by atoms with Gasteiger partial charge in [-0.05, 0) is 129 Å². The summed E-state index contributed by atoms with van der Waals surface area (Å²) in [6.45, 7) is 13.8. The Morgan fingerprint density at radius 3 is 1.94 bits per heavy atom. The van der Waals surface area contributed by atoms with Crippen molar-refractivity contribution in [1.82, 2.24) is 0 Å². The lowest BCUT2D eigenvalue weighted by Crippen LogP contribution is -2.59. The zero-order valence-electron chi connectivity index (χ0n) is 31.8. The third-order valence-corrected chi connectivity index (χ3v) is 11.9. The van der Waals surface area contributed by atoms with Crippen molar-refractivity contribution in [3.63, 3.8) is 0 Å². The van der Waals surface area contributed by atoms with Crippen LogP contribution in [-0.4, -0.2) is 6.71 Å². The minimum Gasteiger partial charge on any atom is -0.458 e. The van der Waals surface area contributed by atoms with Crippen molar-refractivity contribution in [3.05, 3.63) is 174 Å². The van der Waals surface area contributed by atoms with E-state index in [2.05, 4.69) is 203 Å². The van der Waals surface area contributed by atoms with Gasteiger partial charge in [-0.3, -0.25) is 0 Å². The third kappa shape index (κ3) is 4.89. The molecule has 2 aliphatic heterocycles. The smallest absolute Gasteiger partial charge is 0.256 e. The second-order valence-corrected chi connectivity index (χ2v) is 16.7. The van der Waals surface area contributed by atoms with E-state index < -0.39 is 0 Å². The SMILES string of the molecule is Cc1ccc2c(c1)B1c3cc4c(cc3Oc3cccc(c31)N2c1ccc(C(C)(C)C)cc1)-c1ccc(N(c2ccccc2)c2ccccc2)cc1C4(C)C. The highest BCUT2D eigenvalue weighted by molar-refractivity contribution is 6.99. The highest BCUT2D eigenvalue weighted by atomic mass is 16.5. The molecule has 262 valence electrons. The van der Waals surface area contributed by atoms with Crippen molar-refractivity contribution in [2.75, 3.05) is 9.80 Å². The van der Waals surface area contributed by atoms with E-state index in [1.807, 2.05) is 0 Å². The zero-order chi connectivity index (χ0) is 36.9. The fourth-order valence-corrected chi connectivity index (χ4v) is 9.15. The van der Waals surface area contributed by atoms with Gasteiger partial charge in [0.05, 0.1) is 0 Å². The molecule has 3 aliphatic rings. The summed E-state index contributed by atoms with van der Waals surface area (Å²) in [7, 11) is 0. The van der Waals surface area contributed by atoms with Gasteiger partial charge in [-0.1, -0.05) is 119 Å². The molecule has 0 bridgehead atoms. The quantitative estimate of drug-likeness (QED) is 0.170. The average Bonchev–Trinajstić information content (AvgIpc) is 3.39. The number of rotatable bonds is 4. The molecule has 54 heavy (non-hydrogen) atoms. The molecule has 0 radical (unpaired) electrons. The van der Waals surface area contributed by atoms with Gasteiger partial charge in [0.15, 0.2) is 0 Å². The predicted molar refractivity (Wildman–Crippen MR) is 228 cm³/mol. The molecule has 0 amide bonds. The summed E-state index contributed by atoms with van der Waals surface area (Å²) >= 11 is 0.